The van der Waals surface area contributed by atoms with Crippen molar-refractivity contribution in [1.29, 1.82) is 5.26 Å². The van der Waals surface area contributed by atoms with Gasteiger partial charge < -0.3 is 10.6 Å². The molecule has 1 aliphatic heterocycles. The fourth-order valence-corrected chi connectivity index (χ4v) is 2.63. The predicted molar refractivity (Wildman–Crippen MR) is 73.2 cm³/mol. The van der Waals surface area contributed by atoms with E-state index in [4.69, 9.17) is 11.0 Å². The standard InChI is InChI=1S/C15H21N3/c16-8-1-9-18-10-6-15(7-11-18)14-4-2-13(12-17)3-5-14/h2-5,15H,1,6-11,16H2. The zero-order valence-electron chi connectivity index (χ0n) is 10.8. The molecule has 1 aromatic carbocycles. The number of nitrogens with zero attached hydrogens (tertiary/aromatic N) is 2. The van der Waals surface area contributed by atoms with Crippen LogP contribution in [-0.2, 0) is 0 Å². The Morgan fingerprint density at radius 2 is 1.89 bits per heavy atom. The third-order valence-corrected chi connectivity index (χ3v) is 3.78. The van der Waals surface area contributed by atoms with Crippen LogP contribution in [0.1, 0.15) is 36.3 Å². The van der Waals surface area contributed by atoms with Crippen molar-refractivity contribution in [2.24, 2.45) is 5.73 Å². The van der Waals surface area contributed by atoms with Crippen LogP contribution in [0.15, 0.2) is 24.3 Å². The third kappa shape index (κ3) is 3.32. The summed E-state index contributed by atoms with van der Waals surface area (Å²) in [6.07, 6.45) is 3.54. The van der Waals surface area contributed by atoms with Crippen molar-refractivity contribution in [3.05, 3.63) is 35.4 Å². The van der Waals surface area contributed by atoms with E-state index in [1.54, 1.807) is 0 Å². The normalized spacial score (nSPS) is 17.6. The van der Waals surface area contributed by atoms with E-state index in [0.29, 0.717) is 5.92 Å². The molecular weight excluding hydrogens is 222 g/mol. The minimum atomic E-state index is 0.659. The Hall–Kier alpha value is -1.37. The lowest BCUT2D eigenvalue weighted by Crippen LogP contribution is -2.34. The van der Waals surface area contributed by atoms with Gasteiger partial charge in [0.1, 0.15) is 0 Å². The van der Waals surface area contributed by atoms with Gasteiger partial charge in [0.2, 0.25) is 0 Å². The molecule has 3 nitrogen and oxygen atoms in total. The summed E-state index contributed by atoms with van der Waals surface area (Å²) in [7, 11) is 0. The first-order chi connectivity index (χ1) is 8.83. The van der Waals surface area contributed by atoms with E-state index in [2.05, 4.69) is 23.1 Å². The second-order valence-corrected chi connectivity index (χ2v) is 4.99. The lowest BCUT2D eigenvalue weighted by atomic mass is 9.89. The molecular formula is C15H21N3. The summed E-state index contributed by atoms with van der Waals surface area (Å²) in [5.41, 5.74) is 7.67. The maximum atomic E-state index is 8.79. The fourth-order valence-electron chi connectivity index (χ4n) is 2.63. The highest BCUT2D eigenvalue weighted by Gasteiger charge is 2.19. The summed E-state index contributed by atoms with van der Waals surface area (Å²) >= 11 is 0. The highest BCUT2D eigenvalue weighted by Crippen LogP contribution is 2.28. The van der Waals surface area contributed by atoms with Crippen LogP contribution in [0, 0.1) is 11.3 Å². The maximum absolute atomic E-state index is 8.79. The van der Waals surface area contributed by atoms with Gasteiger partial charge in [-0.25, -0.2) is 0 Å². The molecule has 0 saturated carbocycles. The molecule has 2 N–H and O–H groups in total. The number of hydrogen-bond donors (Lipinski definition) is 1. The molecule has 0 spiro atoms. The molecule has 0 radical (unpaired) electrons. The maximum Gasteiger partial charge on any atom is 0.0991 e. The van der Waals surface area contributed by atoms with Gasteiger partial charge in [0, 0.05) is 0 Å². The van der Waals surface area contributed by atoms with E-state index in [1.807, 2.05) is 12.1 Å². The van der Waals surface area contributed by atoms with Crippen molar-refractivity contribution in [2.75, 3.05) is 26.2 Å². The molecule has 1 aliphatic rings. The Morgan fingerprint density at radius 1 is 1.22 bits per heavy atom. The van der Waals surface area contributed by atoms with Crippen LogP contribution in [0.25, 0.3) is 0 Å². The number of piperidine rings is 1. The van der Waals surface area contributed by atoms with Gasteiger partial charge in [-0.2, -0.15) is 5.26 Å². The van der Waals surface area contributed by atoms with Crippen molar-refractivity contribution >= 4 is 0 Å². The number of nitriles is 1. The average molecular weight is 243 g/mol. The van der Waals surface area contributed by atoms with Crippen LogP contribution >= 0.6 is 0 Å². The number of nitrogens with two attached hydrogens (primary N) is 1. The highest BCUT2D eigenvalue weighted by molar-refractivity contribution is 5.33. The Labute approximate surface area is 109 Å². The highest BCUT2D eigenvalue weighted by atomic mass is 15.1. The van der Waals surface area contributed by atoms with Gasteiger partial charge in [-0.3, -0.25) is 0 Å². The molecule has 96 valence electrons. The van der Waals surface area contributed by atoms with E-state index in [-0.39, 0.29) is 0 Å². The van der Waals surface area contributed by atoms with Gasteiger partial charge in [-0.15, -0.1) is 0 Å². The number of hydrogen-bond acceptors (Lipinski definition) is 3. The molecule has 0 atom stereocenters. The topological polar surface area (TPSA) is 53.0 Å². The fraction of sp³-hybridized carbons (Fsp3) is 0.533. The van der Waals surface area contributed by atoms with E-state index in [9.17, 15) is 0 Å². The van der Waals surface area contributed by atoms with Crippen LogP contribution in [0.5, 0.6) is 0 Å². The largest absolute Gasteiger partial charge is 0.330 e. The van der Waals surface area contributed by atoms with Gasteiger partial charge >= 0.3 is 0 Å². The lowest BCUT2D eigenvalue weighted by molar-refractivity contribution is 0.211. The molecule has 1 heterocycles. The van der Waals surface area contributed by atoms with Crippen LogP contribution < -0.4 is 5.73 Å². The first kappa shape index (κ1) is 13.1. The number of rotatable bonds is 4. The quantitative estimate of drug-likeness (QED) is 0.881. The van der Waals surface area contributed by atoms with Gasteiger partial charge in [-0.1, -0.05) is 12.1 Å². The van der Waals surface area contributed by atoms with E-state index in [0.717, 1.165) is 25.1 Å². The second-order valence-electron chi connectivity index (χ2n) is 4.99. The van der Waals surface area contributed by atoms with Gasteiger partial charge in [0.15, 0.2) is 0 Å². The van der Waals surface area contributed by atoms with Crippen molar-refractivity contribution in [1.82, 2.24) is 4.90 Å². The Balaban J connectivity index is 1.87. The summed E-state index contributed by atoms with van der Waals surface area (Å²) in [5, 5.41) is 8.79. The second kappa shape index (κ2) is 6.53. The zero-order chi connectivity index (χ0) is 12.8. The van der Waals surface area contributed by atoms with Crippen LogP contribution in [0.3, 0.4) is 0 Å². The molecule has 1 fully saturated rings. The molecule has 1 aromatic rings. The number of likely N-dealkylation sites (tertiary alicyclic amines) is 1. The van der Waals surface area contributed by atoms with Crippen molar-refractivity contribution in [2.45, 2.75) is 25.2 Å². The molecule has 0 aromatic heterocycles. The third-order valence-electron chi connectivity index (χ3n) is 3.78. The summed E-state index contributed by atoms with van der Waals surface area (Å²) < 4.78 is 0. The van der Waals surface area contributed by atoms with Crippen LogP contribution in [-0.4, -0.2) is 31.1 Å². The van der Waals surface area contributed by atoms with Gasteiger partial charge in [0.25, 0.3) is 0 Å². The smallest absolute Gasteiger partial charge is 0.0991 e. The summed E-state index contributed by atoms with van der Waals surface area (Å²) in [5.74, 6) is 0.659. The number of benzene rings is 1. The molecule has 0 aliphatic carbocycles. The minimum Gasteiger partial charge on any atom is -0.330 e. The minimum absolute atomic E-state index is 0.659. The first-order valence-electron chi connectivity index (χ1n) is 6.76. The van der Waals surface area contributed by atoms with Crippen molar-refractivity contribution in [3.63, 3.8) is 0 Å². The van der Waals surface area contributed by atoms with Gasteiger partial charge in [0.05, 0.1) is 11.6 Å². The Bertz CT molecular complexity index is 397. The SMILES string of the molecule is N#Cc1ccc(C2CCN(CCCN)CC2)cc1. The Morgan fingerprint density at radius 3 is 2.44 bits per heavy atom. The van der Waals surface area contributed by atoms with E-state index < -0.39 is 0 Å². The first-order valence-corrected chi connectivity index (χ1v) is 6.76. The molecule has 3 heteroatoms. The van der Waals surface area contributed by atoms with Gasteiger partial charge in [-0.05, 0) is 69.1 Å². The molecule has 0 amide bonds. The molecule has 2 rings (SSSR count). The van der Waals surface area contributed by atoms with Crippen molar-refractivity contribution in [3.8, 4) is 6.07 Å². The molecule has 0 unspecified atom stereocenters. The van der Waals surface area contributed by atoms with E-state index in [1.165, 1.54) is 31.5 Å². The zero-order valence-corrected chi connectivity index (χ0v) is 10.8. The predicted octanol–water partition coefficient (Wildman–Crippen LogP) is 2.09. The molecule has 18 heavy (non-hydrogen) atoms. The lowest BCUT2D eigenvalue weighted by Gasteiger charge is -2.32. The van der Waals surface area contributed by atoms with Crippen LogP contribution in [0.2, 0.25) is 0 Å². The summed E-state index contributed by atoms with van der Waals surface area (Å²) in [6, 6.07) is 10.2. The molecule has 0 bridgehead atoms. The summed E-state index contributed by atoms with van der Waals surface area (Å²) in [6.45, 7) is 4.27. The monoisotopic (exact) mass is 243 g/mol. The average Bonchev–Trinajstić information content (AvgIpc) is 2.46. The van der Waals surface area contributed by atoms with Crippen molar-refractivity contribution < 1.29 is 0 Å². The van der Waals surface area contributed by atoms with Crippen LogP contribution in [0.4, 0.5) is 0 Å². The van der Waals surface area contributed by atoms with E-state index >= 15 is 0 Å². The Kier molecular flexibility index (Phi) is 4.74. The molecule has 1 saturated heterocycles. The summed E-state index contributed by atoms with van der Waals surface area (Å²) in [4.78, 5) is 2.51.